The highest BCUT2D eigenvalue weighted by molar-refractivity contribution is 5.89. The molecule has 0 unspecified atom stereocenters. The van der Waals surface area contributed by atoms with E-state index in [9.17, 15) is 9.59 Å². The molecule has 0 aliphatic carbocycles. The van der Waals surface area contributed by atoms with Crippen LogP contribution in [0, 0.1) is 11.8 Å². The van der Waals surface area contributed by atoms with Gasteiger partial charge in [-0.3, -0.25) is 9.59 Å². The first kappa shape index (κ1) is 15.0. The number of carbonyl (C=O) groups is 2. The maximum Gasteiger partial charge on any atom is 0.225 e. The monoisotopic (exact) mass is 256 g/mol. The lowest BCUT2D eigenvalue weighted by molar-refractivity contribution is -0.129. The Kier molecular flexibility index (Phi) is 5.59. The van der Waals surface area contributed by atoms with Crippen molar-refractivity contribution in [2.24, 2.45) is 11.8 Å². The van der Waals surface area contributed by atoms with Crippen molar-refractivity contribution < 1.29 is 14.3 Å². The Balaban J connectivity index is 2.44. The summed E-state index contributed by atoms with van der Waals surface area (Å²) >= 11 is 0. The van der Waals surface area contributed by atoms with Gasteiger partial charge < -0.3 is 15.0 Å². The zero-order chi connectivity index (χ0) is 13.7. The molecule has 0 bridgehead atoms. The molecule has 0 radical (unpaired) electrons. The minimum absolute atomic E-state index is 0.0169. The van der Waals surface area contributed by atoms with Crippen LogP contribution in [0.4, 0.5) is 0 Å². The van der Waals surface area contributed by atoms with E-state index in [1.807, 2.05) is 6.92 Å². The Morgan fingerprint density at radius 2 is 2.17 bits per heavy atom. The molecule has 0 spiro atoms. The van der Waals surface area contributed by atoms with Crippen LogP contribution in [0.3, 0.4) is 0 Å². The molecule has 2 atom stereocenters. The zero-order valence-electron chi connectivity index (χ0n) is 11.7. The molecule has 0 aromatic carbocycles. The first-order valence-corrected chi connectivity index (χ1v) is 6.51. The third kappa shape index (κ3) is 4.29. The van der Waals surface area contributed by atoms with Gasteiger partial charge in [-0.15, -0.1) is 0 Å². The quantitative estimate of drug-likeness (QED) is 0.759. The van der Waals surface area contributed by atoms with E-state index < -0.39 is 0 Å². The minimum atomic E-state index is -0.212. The van der Waals surface area contributed by atoms with Gasteiger partial charge in [-0.25, -0.2) is 0 Å². The predicted molar refractivity (Wildman–Crippen MR) is 69.0 cm³/mol. The lowest BCUT2D eigenvalue weighted by Gasteiger charge is -2.19. The van der Waals surface area contributed by atoms with Gasteiger partial charge in [0.15, 0.2) is 0 Å². The fraction of sp³-hybridized carbons (Fsp3) is 0.846. The van der Waals surface area contributed by atoms with Crippen molar-refractivity contribution in [2.75, 3.05) is 26.8 Å². The van der Waals surface area contributed by atoms with Gasteiger partial charge in [0.1, 0.15) is 0 Å². The minimum Gasteiger partial charge on any atom is -0.383 e. The van der Waals surface area contributed by atoms with E-state index in [-0.39, 0.29) is 23.8 Å². The number of rotatable bonds is 6. The Morgan fingerprint density at radius 1 is 1.50 bits per heavy atom. The van der Waals surface area contributed by atoms with Gasteiger partial charge in [0.05, 0.1) is 12.5 Å². The van der Waals surface area contributed by atoms with Gasteiger partial charge in [0.25, 0.3) is 0 Å². The number of hydrogen-bond acceptors (Lipinski definition) is 3. The van der Waals surface area contributed by atoms with E-state index in [1.165, 1.54) is 0 Å². The molecular formula is C13H24N2O3. The smallest absolute Gasteiger partial charge is 0.225 e. The van der Waals surface area contributed by atoms with Crippen LogP contribution in [0.2, 0.25) is 0 Å². The van der Waals surface area contributed by atoms with Crippen LogP contribution in [0.25, 0.3) is 0 Å². The fourth-order valence-corrected chi connectivity index (χ4v) is 2.22. The number of nitrogens with zero attached hydrogens (tertiary/aromatic N) is 1. The molecule has 0 aromatic heterocycles. The van der Waals surface area contributed by atoms with E-state index in [1.54, 1.807) is 12.0 Å². The Morgan fingerprint density at radius 3 is 2.72 bits per heavy atom. The molecule has 1 aliphatic rings. The lowest BCUT2D eigenvalue weighted by atomic mass is 10.1. The summed E-state index contributed by atoms with van der Waals surface area (Å²) in [6.07, 6.45) is 0.332. The second-order valence-corrected chi connectivity index (χ2v) is 5.46. The van der Waals surface area contributed by atoms with E-state index in [2.05, 4.69) is 19.2 Å². The average Bonchev–Trinajstić information content (AvgIpc) is 2.60. The molecule has 1 heterocycles. The summed E-state index contributed by atoms with van der Waals surface area (Å²) in [7, 11) is 1.60. The number of nitrogens with one attached hydrogen (secondary N) is 1. The molecule has 104 valence electrons. The zero-order valence-corrected chi connectivity index (χ0v) is 11.7. The van der Waals surface area contributed by atoms with E-state index in [0.717, 1.165) is 6.54 Å². The largest absolute Gasteiger partial charge is 0.383 e. The van der Waals surface area contributed by atoms with E-state index in [4.69, 9.17) is 4.74 Å². The number of likely N-dealkylation sites (tertiary alicyclic amines) is 1. The molecule has 0 saturated carbocycles. The Labute approximate surface area is 109 Å². The SMILES string of the molecule is COC[C@H](C)NC(=O)[C@@H]1CC(=O)N(CC(C)C)C1. The van der Waals surface area contributed by atoms with Crippen molar-refractivity contribution in [3.8, 4) is 0 Å². The van der Waals surface area contributed by atoms with Crippen molar-refractivity contribution in [3.05, 3.63) is 0 Å². The predicted octanol–water partition coefficient (Wildman–Crippen LogP) is 0.642. The molecule has 1 N–H and O–H groups in total. The highest BCUT2D eigenvalue weighted by Gasteiger charge is 2.34. The van der Waals surface area contributed by atoms with Gasteiger partial charge in [-0.1, -0.05) is 13.8 Å². The van der Waals surface area contributed by atoms with Crippen molar-refractivity contribution in [1.82, 2.24) is 10.2 Å². The van der Waals surface area contributed by atoms with Crippen LogP contribution in [0.5, 0.6) is 0 Å². The summed E-state index contributed by atoms with van der Waals surface area (Å²) in [5.41, 5.74) is 0. The maximum atomic E-state index is 12.0. The number of ether oxygens (including phenoxy) is 1. The molecule has 5 nitrogen and oxygen atoms in total. The number of methoxy groups -OCH3 is 1. The van der Waals surface area contributed by atoms with Crippen LogP contribution in [0.1, 0.15) is 27.2 Å². The fourth-order valence-electron chi connectivity index (χ4n) is 2.22. The van der Waals surface area contributed by atoms with Crippen LogP contribution in [-0.4, -0.2) is 49.6 Å². The third-order valence-electron chi connectivity index (χ3n) is 2.98. The number of hydrogen-bond donors (Lipinski definition) is 1. The van der Waals surface area contributed by atoms with Crippen molar-refractivity contribution >= 4 is 11.8 Å². The maximum absolute atomic E-state index is 12.0. The van der Waals surface area contributed by atoms with Gasteiger partial charge in [0, 0.05) is 32.7 Å². The third-order valence-corrected chi connectivity index (χ3v) is 2.98. The van der Waals surface area contributed by atoms with Crippen molar-refractivity contribution in [2.45, 2.75) is 33.2 Å². The Hall–Kier alpha value is -1.10. The first-order valence-electron chi connectivity index (χ1n) is 6.51. The summed E-state index contributed by atoms with van der Waals surface area (Å²) in [5, 5.41) is 2.87. The summed E-state index contributed by atoms with van der Waals surface area (Å²) < 4.78 is 4.97. The Bertz CT molecular complexity index is 305. The molecule has 2 amide bonds. The van der Waals surface area contributed by atoms with Crippen LogP contribution in [-0.2, 0) is 14.3 Å². The van der Waals surface area contributed by atoms with Gasteiger partial charge >= 0.3 is 0 Å². The van der Waals surface area contributed by atoms with Crippen LogP contribution in [0.15, 0.2) is 0 Å². The first-order chi connectivity index (χ1) is 8.43. The molecule has 1 rings (SSSR count). The molecular weight excluding hydrogens is 232 g/mol. The molecule has 1 saturated heterocycles. The van der Waals surface area contributed by atoms with Gasteiger partial charge in [0.2, 0.25) is 11.8 Å². The van der Waals surface area contributed by atoms with Crippen molar-refractivity contribution in [3.63, 3.8) is 0 Å². The normalized spacial score (nSPS) is 21.5. The van der Waals surface area contributed by atoms with Crippen LogP contribution < -0.4 is 5.32 Å². The second-order valence-electron chi connectivity index (χ2n) is 5.46. The number of amides is 2. The van der Waals surface area contributed by atoms with Crippen molar-refractivity contribution in [1.29, 1.82) is 0 Å². The summed E-state index contributed by atoms with van der Waals surface area (Å²) in [6, 6.07) is -0.0169. The molecule has 18 heavy (non-hydrogen) atoms. The van der Waals surface area contributed by atoms with Crippen LogP contribution >= 0.6 is 0 Å². The second kappa shape index (κ2) is 6.73. The molecule has 5 heteroatoms. The van der Waals surface area contributed by atoms with Gasteiger partial charge in [-0.05, 0) is 12.8 Å². The number of carbonyl (C=O) groups excluding carboxylic acids is 2. The topological polar surface area (TPSA) is 58.6 Å². The summed E-state index contributed by atoms with van der Waals surface area (Å²) in [6.45, 7) is 7.80. The highest BCUT2D eigenvalue weighted by Crippen LogP contribution is 2.19. The average molecular weight is 256 g/mol. The highest BCUT2D eigenvalue weighted by atomic mass is 16.5. The molecule has 1 aliphatic heterocycles. The summed E-state index contributed by atoms with van der Waals surface area (Å²) in [5.74, 6) is 0.265. The standard InChI is InChI=1S/C13H24N2O3/c1-9(2)6-15-7-11(5-12(15)16)13(17)14-10(3)8-18-4/h9-11H,5-8H2,1-4H3,(H,14,17)/t10-,11+/m0/s1. The van der Waals surface area contributed by atoms with E-state index >= 15 is 0 Å². The molecule has 1 fully saturated rings. The lowest BCUT2D eigenvalue weighted by Crippen LogP contribution is -2.40. The molecule has 0 aromatic rings. The van der Waals surface area contributed by atoms with E-state index in [0.29, 0.717) is 25.5 Å². The van der Waals surface area contributed by atoms with Gasteiger partial charge in [-0.2, -0.15) is 0 Å². The summed E-state index contributed by atoms with van der Waals surface area (Å²) in [4.78, 5) is 25.5.